The van der Waals surface area contributed by atoms with Crippen LogP contribution in [0.15, 0.2) is 29.3 Å². The molecule has 2 aromatic heterocycles. The summed E-state index contributed by atoms with van der Waals surface area (Å²) >= 11 is 0. The number of ketones is 2. The largest absolute Gasteiger partial charge is 0.455 e. The molecule has 3 aliphatic rings. The summed E-state index contributed by atoms with van der Waals surface area (Å²) in [6, 6.07) is 0.948. The molecule has 0 spiro atoms. The van der Waals surface area contributed by atoms with Gasteiger partial charge in [-0.05, 0) is 47.0 Å². The van der Waals surface area contributed by atoms with Crippen molar-refractivity contribution in [2.75, 3.05) is 13.7 Å². The first-order valence-corrected chi connectivity index (χ1v) is 19.5. The minimum atomic E-state index is -3.23. The Kier molecular flexibility index (Phi) is 13.3. The minimum absolute atomic E-state index is 0.0198. The van der Waals surface area contributed by atoms with Crippen molar-refractivity contribution in [2.24, 2.45) is 23.5 Å². The number of carbonyl (C=O) groups excluding carboxylic acids is 4. The number of aromatic nitrogens is 4. The Morgan fingerprint density at radius 3 is 2.43 bits per heavy atom. The van der Waals surface area contributed by atoms with Crippen molar-refractivity contribution in [3.63, 3.8) is 0 Å². The molecule has 13 atom stereocenters. The van der Waals surface area contributed by atoms with Gasteiger partial charge in [0.2, 0.25) is 0 Å². The number of aromatic amines is 1. The number of hydrogen-bond acceptors (Lipinski definition) is 14. The Labute approximate surface area is 336 Å². The fraction of sp³-hybridized carbons (Fsp3) is 0.675. The van der Waals surface area contributed by atoms with Gasteiger partial charge in [-0.3, -0.25) is 19.3 Å². The molecular formula is C40H55FN6O11. The fourth-order valence-corrected chi connectivity index (χ4v) is 8.56. The van der Waals surface area contributed by atoms with Gasteiger partial charge >= 0.3 is 12.1 Å². The third-order valence-electron chi connectivity index (χ3n) is 11.8. The van der Waals surface area contributed by atoms with Crippen LogP contribution in [0.25, 0.3) is 11.4 Å². The first kappa shape index (κ1) is 44.6. The average Bonchev–Trinajstić information content (AvgIpc) is 3.75. The van der Waals surface area contributed by atoms with Gasteiger partial charge in [0.05, 0.1) is 42.3 Å². The second-order valence-corrected chi connectivity index (χ2v) is 16.3. The highest BCUT2D eigenvalue weighted by Crippen LogP contribution is 2.43. The number of amides is 1. The lowest BCUT2D eigenvalue weighted by Crippen LogP contribution is -2.61. The lowest BCUT2D eigenvalue weighted by Gasteiger charge is -2.46. The molecule has 3 aliphatic heterocycles. The van der Waals surface area contributed by atoms with Crippen LogP contribution < -0.4 is 11.2 Å². The first-order chi connectivity index (χ1) is 27.2. The quantitative estimate of drug-likeness (QED) is 0.207. The van der Waals surface area contributed by atoms with Gasteiger partial charge in [-0.2, -0.15) is 0 Å². The molecule has 318 valence electrons. The number of hydrogen-bond donors (Lipinski definition) is 3. The van der Waals surface area contributed by atoms with E-state index in [1.807, 2.05) is 0 Å². The number of methoxy groups -OCH3 is 1. The zero-order valence-corrected chi connectivity index (χ0v) is 34.4. The molecule has 18 heteroatoms. The van der Waals surface area contributed by atoms with E-state index in [9.17, 15) is 29.1 Å². The second-order valence-electron chi connectivity index (χ2n) is 16.3. The summed E-state index contributed by atoms with van der Waals surface area (Å²) in [4.78, 5) is 72.2. The van der Waals surface area contributed by atoms with Crippen molar-refractivity contribution in [1.29, 1.82) is 0 Å². The monoisotopic (exact) mass is 814 g/mol. The molecular weight excluding hydrogens is 759 g/mol. The molecule has 17 nitrogen and oxygen atoms in total. The van der Waals surface area contributed by atoms with Crippen LogP contribution in [0.1, 0.15) is 74.7 Å². The molecule has 2 unspecified atom stereocenters. The van der Waals surface area contributed by atoms with E-state index in [1.165, 1.54) is 48.9 Å². The molecule has 0 radical (unpaired) electrons. The van der Waals surface area contributed by atoms with Crippen molar-refractivity contribution in [1.82, 2.24) is 24.9 Å². The van der Waals surface area contributed by atoms with E-state index in [4.69, 9.17) is 29.4 Å². The smallest absolute Gasteiger partial charge is 0.411 e. The third kappa shape index (κ3) is 8.74. The standard InChI is InChI=1S/C40H55FN6O11/c1-10-29-40(8)32(47(37(53)58-40)16-12-11-15-46-20-28(44-45-46)27-18-25(48)13-14-43-27)23(4)30(49)21(2)19-38(6,54-9)34(24(5)33(51)39(7,41)36(52)56-29)57-35-31(50)26(42)17-22(3)55-35/h13-14,18,20-24,26,29,31-32,34-35,50H,10,15-17,19,42H2,1-9H3,(H,43,48)/t21-,22-,23+,24+,26?,29-,31?,32-,34-,35+,38-,39+,40-/m1/s1. The van der Waals surface area contributed by atoms with Gasteiger partial charge in [0.25, 0.3) is 5.67 Å². The zero-order valence-electron chi connectivity index (χ0n) is 34.4. The predicted octanol–water partition coefficient (Wildman–Crippen LogP) is 2.33. The summed E-state index contributed by atoms with van der Waals surface area (Å²) in [6.45, 7) is 11.8. The van der Waals surface area contributed by atoms with Crippen LogP contribution >= 0.6 is 0 Å². The van der Waals surface area contributed by atoms with E-state index in [0.29, 0.717) is 17.8 Å². The Balaban J connectivity index is 1.49. The van der Waals surface area contributed by atoms with E-state index < -0.39 is 95.3 Å². The number of esters is 1. The molecule has 5 rings (SSSR count). The van der Waals surface area contributed by atoms with Crippen molar-refractivity contribution in [2.45, 2.75) is 141 Å². The number of cyclic esters (lactones) is 1. The topological polar surface area (TPSA) is 227 Å². The van der Waals surface area contributed by atoms with Gasteiger partial charge in [0.1, 0.15) is 30.2 Å². The maximum Gasteiger partial charge on any atom is 0.411 e. The number of nitrogens with two attached hydrogens (primary N) is 1. The van der Waals surface area contributed by atoms with Crippen LogP contribution in [0.4, 0.5) is 9.18 Å². The normalized spacial score (nSPS) is 37.6. The Hall–Kier alpha value is -4.54. The van der Waals surface area contributed by atoms with Crippen LogP contribution in [0, 0.1) is 29.6 Å². The number of pyridine rings is 1. The molecule has 5 heterocycles. The number of H-pyrrole nitrogens is 1. The molecule has 0 bridgehead atoms. The Morgan fingerprint density at radius 1 is 1.09 bits per heavy atom. The Bertz CT molecular complexity index is 1980. The zero-order chi connectivity index (χ0) is 42.9. The Morgan fingerprint density at radius 2 is 1.78 bits per heavy atom. The number of aliphatic hydroxyl groups is 1. The molecule has 0 aromatic carbocycles. The van der Waals surface area contributed by atoms with E-state index >= 15 is 4.39 Å². The van der Waals surface area contributed by atoms with Gasteiger partial charge in [-0.15, -0.1) is 5.10 Å². The molecule has 3 fully saturated rings. The molecule has 1 amide bonds. The summed E-state index contributed by atoms with van der Waals surface area (Å²) < 4.78 is 48.1. The second kappa shape index (κ2) is 17.4. The van der Waals surface area contributed by atoms with Gasteiger partial charge in [0.15, 0.2) is 23.1 Å². The van der Waals surface area contributed by atoms with E-state index in [-0.39, 0.29) is 37.1 Å². The first-order valence-electron chi connectivity index (χ1n) is 19.5. The maximum atomic E-state index is 16.8. The maximum absolute atomic E-state index is 16.8. The lowest BCUT2D eigenvalue weighted by atomic mass is 9.73. The number of fused-ring (bicyclic) bond motifs is 1. The highest BCUT2D eigenvalue weighted by atomic mass is 19.1. The number of aliphatic hydroxyl groups excluding tert-OH is 1. The number of Topliss-reactive ketones (excluding diaryl/α,β-unsaturated/α-hetero) is 2. The van der Waals surface area contributed by atoms with Gasteiger partial charge in [0, 0.05) is 49.2 Å². The minimum Gasteiger partial charge on any atom is -0.455 e. The predicted molar refractivity (Wildman–Crippen MR) is 204 cm³/mol. The molecule has 2 aromatic rings. The van der Waals surface area contributed by atoms with Crippen molar-refractivity contribution in [3.05, 3.63) is 34.7 Å². The summed E-state index contributed by atoms with van der Waals surface area (Å²) in [5, 5.41) is 19.1. The third-order valence-corrected chi connectivity index (χ3v) is 11.8. The van der Waals surface area contributed by atoms with Crippen LogP contribution in [-0.2, 0) is 44.6 Å². The number of ether oxygens (including phenoxy) is 5. The van der Waals surface area contributed by atoms with Gasteiger partial charge in [-0.1, -0.05) is 44.7 Å². The van der Waals surface area contributed by atoms with Crippen LogP contribution in [-0.4, -0.2) is 127 Å². The van der Waals surface area contributed by atoms with Crippen LogP contribution in [0.3, 0.4) is 0 Å². The highest BCUT2D eigenvalue weighted by Gasteiger charge is 2.61. The van der Waals surface area contributed by atoms with Crippen LogP contribution in [0.5, 0.6) is 0 Å². The molecule has 3 saturated heterocycles. The highest BCUT2D eigenvalue weighted by molar-refractivity contribution is 6.08. The number of rotatable bonds is 7. The molecule has 58 heavy (non-hydrogen) atoms. The molecule has 0 aliphatic carbocycles. The number of nitrogens with one attached hydrogen (secondary N) is 1. The summed E-state index contributed by atoms with van der Waals surface area (Å²) in [7, 11) is 1.35. The average molecular weight is 815 g/mol. The summed E-state index contributed by atoms with van der Waals surface area (Å²) in [5.41, 5.74) is 0.416. The fourth-order valence-electron chi connectivity index (χ4n) is 8.56. The van der Waals surface area contributed by atoms with E-state index in [1.54, 1.807) is 40.8 Å². The molecule has 4 N–H and O–H groups in total. The van der Waals surface area contributed by atoms with Crippen molar-refractivity contribution < 1.29 is 52.4 Å². The van der Waals surface area contributed by atoms with E-state index in [0.717, 1.165) is 6.92 Å². The number of carbonyl (C=O) groups is 4. The number of nitrogens with zero attached hydrogens (tertiary/aromatic N) is 4. The van der Waals surface area contributed by atoms with Gasteiger partial charge in [-0.25, -0.2) is 18.7 Å². The lowest BCUT2D eigenvalue weighted by molar-refractivity contribution is -0.288. The summed E-state index contributed by atoms with van der Waals surface area (Å²) in [6.07, 6.45) is -3.25. The van der Waals surface area contributed by atoms with Crippen molar-refractivity contribution >= 4 is 23.6 Å². The van der Waals surface area contributed by atoms with E-state index in [2.05, 4.69) is 27.1 Å². The summed E-state index contributed by atoms with van der Waals surface area (Å²) in [5.74, 6) is -0.366. The van der Waals surface area contributed by atoms with Crippen LogP contribution in [0.2, 0.25) is 0 Å². The number of alkyl halides is 1. The van der Waals surface area contributed by atoms with Gasteiger partial charge < -0.3 is 39.5 Å². The number of halogens is 1. The molecule has 0 saturated carbocycles. The SMILES string of the molecule is CC[C@H]1OC(=O)[C@@](C)(F)C(=O)[C@H](C)[C@@H](O[C@@H]2O[C@H](C)CC(N)C2O)[C@](C)(OC)C[C@@H](C)C(=O)[C@H](C)[C@H]2N(CC#CCn3cc(-c4cc(=O)cc[nH]4)nn3)C(=O)O[C@]12C. The van der Waals surface area contributed by atoms with Crippen molar-refractivity contribution in [3.8, 4) is 23.2 Å².